The highest BCUT2D eigenvalue weighted by Gasteiger charge is 2.27. The molecule has 1 aliphatic rings. The molecule has 1 heterocycles. The topological polar surface area (TPSA) is 30.5 Å². The van der Waals surface area contributed by atoms with Crippen LogP contribution in [0.5, 0.6) is 0 Å². The Bertz CT molecular complexity index is 133. The fraction of sp³-hybridized carbons (Fsp3) is 1.00. The van der Waals surface area contributed by atoms with Crippen LogP contribution in [0.2, 0.25) is 0 Å². The third-order valence-corrected chi connectivity index (χ3v) is 1.33. The van der Waals surface area contributed by atoms with Gasteiger partial charge in [0.2, 0.25) is 0 Å². The van der Waals surface area contributed by atoms with Crippen LogP contribution >= 0.6 is 0 Å². The van der Waals surface area contributed by atoms with Crippen molar-refractivity contribution in [3.8, 4) is 0 Å². The van der Waals surface area contributed by atoms with Crippen LogP contribution < -0.4 is 5.32 Å². The minimum absolute atomic E-state index is 0.0828. The lowest BCUT2D eigenvalue weighted by molar-refractivity contribution is -0.128. The first-order valence-electron chi connectivity index (χ1n) is 3.58. The van der Waals surface area contributed by atoms with E-state index >= 15 is 0 Å². The molecule has 0 aromatic heterocycles. The van der Waals surface area contributed by atoms with Gasteiger partial charge in [-0.05, 0) is 0 Å². The fourth-order valence-electron chi connectivity index (χ4n) is 0.857. The van der Waals surface area contributed by atoms with Gasteiger partial charge in [-0.2, -0.15) is 13.2 Å². The van der Waals surface area contributed by atoms with Crippen molar-refractivity contribution in [2.45, 2.75) is 12.5 Å². The summed E-state index contributed by atoms with van der Waals surface area (Å²) in [6.07, 6.45) is -4.69. The van der Waals surface area contributed by atoms with Crippen LogP contribution in [-0.2, 0) is 9.47 Å². The van der Waals surface area contributed by atoms with Crippen molar-refractivity contribution in [1.29, 1.82) is 0 Å². The smallest absolute Gasteiger partial charge is 0.349 e. The lowest BCUT2D eigenvalue weighted by Gasteiger charge is -2.11. The normalized spacial score (nSPS) is 20.2. The SMILES string of the molecule is FC(F)(F)CNCC1OCCO1. The Labute approximate surface area is 67.8 Å². The van der Waals surface area contributed by atoms with Crippen molar-refractivity contribution < 1.29 is 22.6 Å². The maximum absolute atomic E-state index is 11.6. The predicted octanol–water partition coefficient (Wildman–Crippen LogP) is 0.511. The first kappa shape index (κ1) is 9.76. The predicted molar refractivity (Wildman–Crippen MR) is 34.6 cm³/mol. The van der Waals surface area contributed by atoms with Crippen LogP contribution in [0.25, 0.3) is 0 Å². The molecule has 1 fully saturated rings. The first-order chi connectivity index (χ1) is 5.58. The Balaban J connectivity index is 2.02. The van der Waals surface area contributed by atoms with Crippen molar-refractivity contribution >= 4 is 0 Å². The number of nitrogens with one attached hydrogen (secondary N) is 1. The maximum Gasteiger partial charge on any atom is 0.401 e. The first-order valence-corrected chi connectivity index (χ1v) is 3.58. The summed E-state index contributed by atoms with van der Waals surface area (Å²) in [7, 11) is 0. The van der Waals surface area contributed by atoms with Crippen molar-refractivity contribution in [2.75, 3.05) is 26.3 Å². The van der Waals surface area contributed by atoms with E-state index in [1.807, 2.05) is 0 Å². The molecular formula is C6H10F3NO2. The molecule has 12 heavy (non-hydrogen) atoms. The Kier molecular flexibility index (Phi) is 3.30. The molecule has 1 rings (SSSR count). The molecule has 6 heteroatoms. The highest BCUT2D eigenvalue weighted by molar-refractivity contribution is 4.60. The zero-order valence-electron chi connectivity index (χ0n) is 6.36. The molecule has 0 saturated carbocycles. The Hall–Kier alpha value is -0.330. The van der Waals surface area contributed by atoms with Gasteiger partial charge in [0.05, 0.1) is 19.8 Å². The second kappa shape index (κ2) is 4.06. The van der Waals surface area contributed by atoms with E-state index in [4.69, 9.17) is 9.47 Å². The van der Waals surface area contributed by atoms with E-state index in [0.717, 1.165) is 0 Å². The quantitative estimate of drug-likeness (QED) is 0.695. The van der Waals surface area contributed by atoms with Crippen molar-refractivity contribution in [3.05, 3.63) is 0 Å². The number of hydrogen-bond donors (Lipinski definition) is 1. The minimum Gasteiger partial charge on any atom is -0.349 e. The largest absolute Gasteiger partial charge is 0.401 e. The molecule has 72 valence electrons. The summed E-state index contributed by atoms with van der Waals surface area (Å²) in [5, 5.41) is 2.19. The van der Waals surface area contributed by atoms with Crippen LogP contribution in [-0.4, -0.2) is 38.8 Å². The van der Waals surface area contributed by atoms with Crippen LogP contribution in [0, 0.1) is 0 Å². The zero-order valence-corrected chi connectivity index (χ0v) is 6.36. The van der Waals surface area contributed by atoms with E-state index in [0.29, 0.717) is 13.2 Å². The maximum atomic E-state index is 11.6. The second-order valence-electron chi connectivity index (χ2n) is 2.42. The molecule has 3 nitrogen and oxygen atoms in total. The summed E-state index contributed by atoms with van der Waals surface area (Å²) < 4.78 is 44.6. The number of hydrogen-bond acceptors (Lipinski definition) is 3. The van der Waals surface area contributed by atoms with Gasteiger partial charge in [0.1, 0.15) is 0 Å². The standard InChI is InChI=1S/C6H10F3NO2/c7-6(8,9)4-10-3-5-11-1-2-12-5/h5,10H,1-4H2. The monoisotopic (exact) mass is 185 g/mol. The van der Waals surface area contributed by atoms with Gasteiger partial charge in [0.25, 0.3) is 0 Å². The van der Waals surface area contributed by atoms with E-state index in [2.05, 4.69) is 5.32 Å². The third-order valence-electron chi connectivity index (χ3n) is 1.33. The van der Waals surface area contributed by atoms with E-state index in [9.17, 15) is 13.2 Å². The van der Waals surface area contributed by atoms with E-state index in [1.54, 1.807) is 0 Å². The average molecular weight is 185 g/mol. The molecule has 1 aliphatic heterocycles. The van der Waals surface area contributed by atoms with Crippen molar-refractivity contribution in [3.63, 3.8) is 0 Å². The molecule has 0 bridgehead atoms. The molecule has 0 radical (unpaired) electrons. The Morgan fingerprint density at radius 3 is 2.33 bits per heavy atom. The molecular weight excluding hydrogens is 175 g/mol. The lowest BCUT2D eigenvalue weighted by Crippen LogP contribution is -2.34. The zero-order chi connectivity index (χ0) is 9.03. The van der Waals surface area contributed by atoms with Gasteiger partial charge in [-0.1, -0.05) is 0 Å². The molecule has 1 N–H and O–H groups in total. The van der Waals surface area contributed by atoms with Crippen molar-refractivity contribution in [2.24, 2.45) is 0 Å². The number of alkyl halides is 3. The summed E-state index contributed by atoms with van der Waals surface area (Å²) in [6.45, 7) is -0.00748. The average Bonchev–Trinajstić information content (AvgIpc) is 2.36. The minimum atomic E-state index is -4.17. The molecule has 0 aliphatic carbocycles. The van der Waals surface area contributed by atoms with Gasteiger partial charge in [-0.15, -0.1) is 0 Å². The molecule has 0 unspecified atom stereocenters. The van der Waals surface area contributed by atoms with E-state index < -0.39 is 19.0 Å². The molecule has 1 saturated heterocycles. The fourth-order valence-corrected chi connectivity index (χ4v) is 0.857. The summed E-state index contributed by atoms with van der Waals surface area (Å²) in [6, 6.07) is 0. The van der Waals surface area contributed by atoms with E-state index in [-0.39, 0.29) is 6.54 Å². The molecule has 0 aromatic rings. The van der Waals surface area contributed by atoms with Gasteiger partial charge in [0, 0.05) is 6.54 Å². The van der Waals surface area contributed by atoms with Crippen LogP contribution in [0.4, 0.5) is 13.2 Å². The summed E-state index contributed by atoms with van der Waals surface area (Å²) >= 11 is 0. The highest BCUT2D eigenvalue weighted by atomic mass is 19.4. The lowest BCUT2D eigenvalue weighted by atomic mass is 10.5. The second-order valence-corrected chi connectivity index (χ2v) is 2.42. The number of halogens is 3. The molecule has 0 amide bonds. The van der Waals surface area contributed by atoms with Gasteiger partial charge >= 0.3 is 6.18 Å². The number of ether oxygens (including phenoxy) is 2. The molecule has 0 spiro atoms. The van der Waals surface area contributed by atoms with Gasteiger partial charge in [-0.25, -0.2) is 0 Å². The number of rotatable bonds is 3. The molecule has 0 atom stereocenters. The van der Waals surface area contributed by atoms with Crippen molar-refractivity contribution in [1.82, 2.24) is 5.32 Å². The van der Waals surface area contributed by atoms with Gasteiger partial charge in [-0.3, -0.25) is 0 Å². The summed E-state index contributed by atoms with van der Waals surface area (Å²) in [5.41, 5.74) is 0. The summed E-state index contributed by atoms with van der Waals surface area (Å²) in [4.78, 5) is 0. The van der Waals surface area contributed by atoms with Crippen LogP contribution in [0.3, 0.4) is 0 Å². The third kappa shape index (κ3) is 3.89. The van der Waals surface area contributed by atoms with Crippen LogP contribution in [0.15, 0.2) is 0 Å². The Morgan fingerprint density at radius 2 is 1.83 bits per heavy atom. The van der Waals surface area contributed by atoms with Gasteiger partial charge in [0.15, 0.2) is 6.29 Å². The van der Waals surface area contributed by atoms with Gasteiger partial charge < -0.3 is 14.8 Å². The van der Waals surface area contributed by atoms with E-state index in [1.165, 1.54) is 0 Å². The highest BCUT2D eigenvalue weighted by Crippen LogP contribution is 2.12. The van der Waals surface area contributed by atoms with Crippen LogP contribution in [0.1, 0.15) is 0 Å². The molecule has 0 aromatic carbocycles. The summed E-state index contributed by atoms with van der Waals surface area (Å²) in [5.74, 6) is 0. The Morgan fingerprint density at radius 1 is 1.25 bits per heavy atom.